The van der Waals surface area contributed by atoms with Crippen molar-refractivity contribution in [3.63, 3.8) is 0 Å². The zero-order chi connectivity index (χ0) is 14.4. The molecule has 0 aromatic heterocycles. The normalized spacial score (nSPS) is 10.6. The van der Waals surface area contributed by atoms with Gasteiger partial charge in [0.05, 0.1) is 0 Å². The van der Waals surface area contributed by atoms with Crippen LogP contribution in [-0.4, -0.2) is 14.2 Å². The molecule has 2 rings (SSSR count). The first-order valence-electron chi connectivity index (χ1n) is 6.04. The zero-order valence-electron chi connectivity index (χ0n) is 11.3. The molecule has 0 heterocycles. The van der Waals surface area contributed by atoms with E-state index < -0.39 is 6.29 Å². The fourth-order valence-corrected chi connectivity index (χ4v) is 1.84. The van der Waals surface area contributed by atoms with E-state index in [-0.39, 0.29) is 5.69 Å². The van der Waals surface area contributed by atoms with Crippen molar-refractivity contribution >= 4 is 5.69 Å². The maximum Gasteiger partial charge on any atom is 0.185 e. The molecule has 0 bridgehead atoms. The molecule has 0 atom stereocenters. The second kappa shape index (κ2) is 6.79. The first-order valence-corrected chi connectivity index (χ1v) is 6.04. The molecular weight excluding hydrogens is 258 g/mol. The molecule has 2 aromatic carbocycles. The number of para-hydroxylation sites is 1. The third kappa shape index (κ3) is 3.20. The van der Waals surface area contributed by atoms with Gasteiger partial charge in [-0.25, -0.2) is 0 Å². The van der Waals surface area contributed by atoms with E-state index in [0.29, 0.717) is 17.1 Å². The predicted molar refractivity (Wildman–Crippen MR) is 75.2 cm³/mol. The Morgan fingerprint density at radius 1 is 0.950 bits per heavy atom. The van der Waals surface area contributed by atoms with E-state index in [2.05, 4.69) is 5.18 Å². The summed E-state index contributed by atoms with van der Waals surface area (Å²) in [6.45, 7) is 0. The summed E-state index contributed by atoms with van der Waals surface area (Å²) in [5.41, 5.74) is 0.789. The number of nitroso groups, excluding NO2 is 1. The summed E-state index contributed by atoms with van der Waals surface area (Å²) < 4.78 is 16.0. The van der Waals surface area contributed by atoms with Gasteiger partial charge in [0, 0.05) is 19.8 Å². The van der Waals surface area contributed by atoms with Crippen LogP contribution in [-0.2, 0) is 9.47 Å². The molecule has 0 saturated heterocycles. The number of rotatable bonds is 6. The van der Waals surface area contributed by atoms with Crippen molar-refractivity contribution in [2.24, 2.45) is 5.18 Å². The molecule has 0 saturated carbocycles. The summed E-state index contributed by atoms with van der Waals surface area (Å²) in [7, 11) is 2.99. The van der Waals surface area contributed by atoms with E-state index >= 15 is 0 Å². The summed E-state index contributed by atoms with van der Waals surface area (Å²) in [5, 5.41) is 2.97. The topological polar surface area (TPSA) is 57.1 Å². The Kier molecular flexibility index (Phi) is 4.81. The van der Waals surface area contributed by atoms with Gasteiger partial charge in [0.2, 0.25) is 0 Å². The maximum absolute atomic E-state index is 10.8. The van der Waals surface area contributed by atoms with Gasteiger partial charge in [-0.05, 0) is 35.5 Å². The summed E-state index contributed by atoms with van der Waals surface area (Å²) in [6, 6.07) is 14.3. The molecule has 0 fully saturated rings. The standard InChI is InChI=1S/C15H15NO4/c1-18-15(19-2)13-10-12(8-9-14(13)16-17)20-11-6-4-3-5-7-11/h3-10,15H,1-2H3. The molecule has 0 amide bonds. The summed E-state index contributed by atoms with van der Waals surface area (Å²) in [5.74, 6) is 1.29. The van der Waals surface area contributed by atoms with E-state index in [1.807, 2.05) is 30.3 Å². The lowest BCUT2D eigenvalue weighted by Crippen LogP contribution is -2.04. The van der Waals surface area contributed by atoms with E-state index in [9.17, 15) is 4.91 Å². The highest BCUT2D eigenvalue weighted by Crippen LogP contribution is 2.33. The first kappa shape index (κ1) is 14.2. The van der Waals surface area contributed by atoms with Gasteiger partial charge in [0.1, 0.15) is 17.2 Å². The van der Waals surface area contributed by atoms with Crippen molar-refractivity contribution in [2.45, 2.75) is 6.29 Å². The van der Waals surface area contributed by atoms with Crippen LogP contribution >= 0.6 is 0 Å². The number of hydrogen-bond donors (Lipinski definition) is 0. The van der Waals surface area contributed by atoms with Gasteiger partial charge in [0.25, 0.3) is 0 Å². The van der Waals surface area contributed by atoms with Gasteiger partial charge in [-0.2, -0.15) is 0 Å². The van der Waals surface area contributed by atoms with E-state index in [0.717, 1.165) is 0 Å². The number of benzene rings is 2. The van der Waals surface area contributed by atoms with Gasteiger partial charge in [-0.15, -0.1) is 4.91 Å². The molecule has 0 spiro atoms. The average Bonchev–Trinajstić information content (AvgIpc) is 2.50. The van der Waals surface area contributed by atoms with Crippen molar-refractivity contribution in [3.05, 3.63) is 59.0 Å². The lowest BCUT2D eigenvalue weighted by atomic mass is 10.1. The van der Waals surface area contributed by atoms with Crippen molar-refractivity contribution < 1.29 is 14.2 Å². The minimum atomic E-state index is -0.665. The van der Waals surface area contributed by atoms with Crippen LogP contribution < -0.4 is 4.74 Å². The lowest BCUT2D eigenvalue weighted by molar-refractivity contribution is -0.105. The molecule has 0 aliphatic carbocycles. The van der Waals surface area contributed by atoms with Crippen LogP contribution in [0, 0.1) is 4.91 Å². The summed E-state index contributed by atoms with van der Waals surface area (Å²) >= 11 is 0. The monoisotopic (exact) mass is 273 g/mol. The van der Waals surface area contributed by atoms with Crippen LogP contribution in [0.25, 0.3) is 0 Å². The van der Waals surface area contributed by atoms with Crippen molar-refractivity contribution in [1.82, 2.24) is 0 Å². The quantitative estimate of drug-likeness (QED) is 0.585. The molecule has 20 heavy (non-hydrogen) atoms. The fraction of sp³-hybridized carbons (Fsp3) is 0.200. The highest BCUT2D eigenvalue weighted by molar-refractivity contribution is 5.51. The highest BCUT2D eigenvalue weighted by Gasteiger charge is 2.16. The Morgan fingerprint density at radius 3 is 2.25 bits per heavy atom. The summed E-state index contributed by atoms with van der Waals surface area (Å²) in [6.07, 6.45) is -0.665. The maximum atomic E-state index is 10.8. The van der Waals surface area contributed by atoms with Gasteiger partial charge < -0.3 is 14.2 Å². The van der Waals surface area contributed by atoms with Crippen LogP contribution in [0.1, 0.15) is 11.9 Å². The number of ether oxygens (including phenoxy) is 3. The summed E-state index contributed by atoms with van der Waals surface area (Å²) in [4.78, 5) is 10.8. The van der Waals surface area contributed by atoms with Gasteiger partial charge in [-0.3, -0.25) is 0 Å². The van der Waals surface area contributed by atoms with Crippen LogP contribution in [0.5, 0.6) is 11.5 Å². The van der Waals surface area contributed by atoms with Gasteiger partial charge >= 0.3 is 0 Å². The van der Waals surface area contributed by atoms with Crippen molar-refractivity contribution in [1.29, 1.82) is 0 Å². The highest BCUT2D eigenvalue weighted by atomic mass is 16.7. The van der Waals surface area contributed by atoms with E-state index in [1.54, 1.807) is 18.2 Å². The van der Waals surface area contributed by atoms with E-state index in [4.69, 9.17) is 14.2 Å². The Labute approximate surface area is 117 Å². The molecule has 0 aliphatic heterocycles. The molecule has 0 radical (unpaired) electrons. The molecule has 0 aliphatic rings. The second-order valence-electron chi connectivity index (χ2n) is 4.03. The Hall–Kier alpha value is -2.24. The van der Waals surface area contributed by atoms with Crippen LogP contribution in [0.2, 0.25) is 0 Å². The molecule has 0 N–H and O–H groups in total. The molecule has 2 aromatic rings. The van der Waals surface area contributed by atoms with Crippen molar-refractivity contribution in [2.75, 3.05) is 14.2 Å². The zero-order valence-corrected chi connectivity index (χ0v) is 11.3. The molecule has 0 unspecified atom stereocenters. The molecule has 5 nitrogen and oxygen atoms in total. The minimum absolute atomic E-state index is 0.263. The third-order valence-corrected chi connectivity index (χ3v) is 2.76. The Bertz CT molecular complexity index is 567. The molecule has 104 valence electrons. The smallest absolute Gasteiger partial charge is 0.185 e. The number of hydrogen-bond acceptors (Lipinski definition) is 5. The van der Waals surface area contributed by atoms with E-state index in [1.165, 1.54) is 14.2 Å². The predicted octanol–water partition coefficient (Wildman–Crippen LogP) is 4.17. The van der Waals surface area contributed by atoms with Crippen LogP contribution in [0.4, 0.5) is 5.69 Å². The molecular formula is C15H15NO4. The second-order valence-corrected chi connectivity index (χ2v) is 4.03. The number of nitrogens with zero attached hydrogens (tertiary/aromatic N) is 1. The van der Waals surface area contributed by atoms with Crippen LogP contribution in [0.15, 0.2) is 53.7 Å². The molecule has 5 heteroatoms. The largest absolute Gasteiger partial charge is 0.457 e. The minimum Gasteiger partial charge on any atom is -0.457 e. The Morgan fingerprint density at radius 2 is 1.65 bits per heavy atom. The first-order chi connectivity index (χ1) is 9.78. The van der Waals surface area contributed by atoms with Gasteiger partial charge in [0.15, 0.2) is 6.29 Å². The van der Waals surface area contributed by atoms with Gasteiger partial charge in [-0.1, -0.05) is 18.2 Å². The fourth-order valence-electron chi connectivity index (χ4n) is 1.84. The van der Waals surface area contributed by atoms with Crippen LogP contribution in [0.3, 0.4) is 0 Å². The lowest BCUT2D eigenvalue weighted by Gasteiger charge is -2.16. The third-order valence-electron chi connectivity index (χ3n) is 2.76. The average molecular weight is 273 g/mol. The van der Waals surface area contributed by atoms with Crippen molar-refractivity contribution in [3.8, 4) is 11.5 Å². The SMILES string of the molecule is COC(OC)c1cc(Oc2ccccc2)ccc1N=O. The Balaban J connectivity index is 2.32. The number of methoxy groups -OCH3 is 2.